The minimum atomic E-state index is -0.584. The van der Waals surface area contributed by atoms with Crippen molar-refractivity contribution in [2.45, 2.75) is 44.7 Å². The summed E-state index contributed by atoms with van der Waals surface area (Å²) in [6.07, 6.45) is 3.40. The van der Waals surface area contributed by atoms with Crippen LogP contribution in [0.25, 0.3) is 10.9 Å². The van der Waals surface area contributed by atoms with E-state index in [1.54, 1.807) is 21.9 Å². The Balaban J connectivity index is 1.60. The molecule has 2 aliphatic rings. The highest BCUT2D eigenvalue weighted by molar-refractivity contribution is 5.97. The fraction of sp³-hybridized carbons (Fsp3) is 0.360. The predicted octanol–water partition coefficient (Wildman–Crippen LogP) is 3.95. The zero-order valence-corrected chi connectivity index (χ0v) is 18.5. The van der Waals surface area contributed by atoms with Crippen molar-refractivity contribution in [3.63, 3.8) is 0 Å². The second kappa shape index (κ2) is 8.35. The van der Waals surface area contributed by atoms with E-state index in [2.05, 4.69) is 11.9 Å². The van der Waals surface area contributed by atoms with Gasteiger partial charge in [-0.25, -0.2) is 0 Å². The van der Waals surface area contributed by atoms with Gasteiger partial charge in [0.15, 0.2) is 0 Å². The number of amides is 2. The summed E-state index contributed by atoms with van der Waals surface area (Å²) < 4.78 is 0. The quantitative estimate of drug-likeness (QED) is 0.352. The standard InChI is InChI=1S/C25H26N4O4/c1-2-3-6-13-27-15-22(30)28-21(25(27)31)14-19-18-7-4-5-8-20(18)26-23(19)24(28)16-9-11-17(12-10-16)29(32)33/h4-5,7-12,21,24,26H,2-3,6,13-15H2,1H3/t21-,24+/m1/s1. The van der Waals surface area contributed by atoms with Gasteiger partial charge >= 0.3 is 0 Å². The van der Waals surface area contributed by atoms with Gasteiger partial charge in [-0.3, -0.25) is 19.7 Å². The topological polar surface area (TPSA) is 99.5 Å². The molecule has 0 saturated carbocycles. The number of piperazine rings is 1. The molecule has 2 aromatic carbocycles. The van der Waals surface area contributed by atoms with Crippen LogP contribution in [-0.4, -0.2) is 50.7 Å². The highest BCUT2D eigenvalue weighted by atomic mass is 16.6. The van der Waals surface area contributed by atoms with Crippen LogP contribution in [0.5, 0.6) is 0 Å². The normalized spacial score (nSPS) is 20.2. The van der Waals surface area contributed by atoms with E-state index in [-0.39, 0.29) is 24.0 Å². The maximum Gasteiger partial charge on any atom is 0.269 e. The van der Waals surface area contributed by atoms with Gasteiger partial charge in [0.2, 0.25) is 11.8 Å². The number of rotatable bonds is 6. The number of benzene rings is 2. The lowest BCUT2D eigenvalue weighted by Crippen LogP contribution is -2.63. The molecule has 0 aliphatic carbocycles. The van der Waals surface area contributed by atoms with E-state index in [0.717, 1.165) is 47.0 Å². The van der Waals surface area contributed by atoms with Crippen molar-refractivity contribution in [2.75, 3.05) is 13.1 Å². The molecular formula is C25H26N4O4. The van der Waals surface area contributed by atoms with Crippen LogP contribution in [0.3, 0.4) is 0 Å². The van der Waals surface area contributed by atoms with E-state index in [9.17, 15) is 19.7 Å². The molecule has 8 nitrogen and oxygen atoms in total. The number of fused-ring (bicyclic) bond motifs is 4. The Morgan fingerprint density at radius 3 is 2.58 bits per heavy atom. The van der Waals surface area contributed by atoms with E-state index >= 15 is 0 Å². The molecule has 3 aromatic rings. The van der Waals surface area contributed by atoms with Crippen LogP contribution in [0.15, 0.2) is 48.5 Å². The summed E-state index contributed by atoms with van der Waals surface area (Å²) in [7, 11) is 0. The average molecular weight is 447 g/mol. The van der Waals surface area contributed by atoms with E-state index in [4.69, 9.17) is 0 Å². The summed E-state index contributed by atoms with van der Waals surface area (Å²) in [5.41, 5.74) is 3.60. The molecule has 2 aliphatic heterocycles. The smallest absolute Gasteiger partial charge is 0.269 e. The van der Waals surface area contributed by atoms with Crippen LogP contribution in [0, 0.1) is 10.1 Å². The molecule has 1 N–H and O–H groups in total. The zero-order valence-electron chi connectivity index (χ0n) is 18.5. The van der Waals surface area contributed by atoms with Crippen molar-refractivity contribution < 1.29 is 14.5 Å². The molecule has 3 heterocycles. The summed E-state index contributed by atoms with van der Waals surface area (Å²) in [5.74, 6) is -0.114. The maximum absolute atomic E-state index is 13.5. The Morgan fingerprint density at radius 1 is 1.09 bits per heavy atom. The van der Waals surface area contributed by atoms with Gasteiger partial charge < -0.3 is 14.8 Å². The zero-order chi connectivity index (χ0) is 23.1. The highest BCUT2D eigenvalue weighted by Gasteiger charge is 2.48. The van der Waals surface area contributed by atoms with E-state index in [1.807, 2.05) is 24.3 Å². The number of hydrogen-bond donors (Lipinski definition) is 1. The van der Waals surface area contributed by atoms with Crippen molar-refractivity contribution in [2.24, 2.45) is 0 Å². The molecule has 1 saturated heterocycles. The lowest BCUT2D eigenvalue weighted by atomic mass is 9.86. The van der Waals surface area contributed by atoms with Crippen molar-refractivity contribution in [3.05, 3.63) is 75.5 Å². The number of aromatic amines is 1. The maximum atomic E-state index is 13.5. The van der Waals surface area contributed by atoms with Crippen LogP contribution >= 0.6 is 0 Å². The van der Waals surface area contributed by atoms with Crippen LogP contribution in [0.1, 0.15) is 49.0 Å². The second-order valence-electron chi connectivity index (χ2n) is 8.80. The van der Waals surface area contributed by atoms with Gasteiger partial charge in [0.1, 0.15) is 6.04 Å². The largest absolute Gasteiger partial charge is 0.356 e. The molecule has 2 atom stereocenters. The van der Waals surface area contributed by atoms with Crippen molar-refractivity contribution in [1.29, 1.82) is 0 Å². The van der Waals surface area contributed by atoms with Gasteiger partial charge in [0, 0.05) is 41.7 Å². The molecule has 0 bridgehead atoms. The fourth-order valence-electron chi connectivity index (χ4n) is 5.19. The summed E-state index contributed by atoms with van der Waals surface area (Å²) >= 11 is 0. The second-order valence-corrected chi connectivity index (χ2v) is 8.80. The molecule has 2 amide bonds. The Kier molecular flexibility index (Phi) is 5.36. The third kappa shape index (κ3) is 3.55. The number of carbonyl (C=O) groups is 2. The number of H-pyrrole nitrogens is 1. The Labute approximate surface area is 191 Å². The van der Waals surface area contributed by atoms with Gasteiger partial charge in [-0.1, -0.05) is 38.0 Å². The van der Waals surface area contributed by atoms with Crippen molar-refractivity contribution in [3.8, 4) is 0 Å². The van der Waals surface area contributed by atoms with Gasteiger partial charge in [0.25, 0.3) is 5.69 Å². The van der Waals surface area contributed by atoms with Gasteiger partial charge in [-0.2, -0.15) is 0 Å². The lowest BCUT2D eigenvalue weighted by Gasteiger charge is -2.47. The number of hydrogen-bond acceptors (Lipinski definition) is 4. The summed E-state index contributed by atoms with van der Waals surface area (Å²) in [4.78, 5) is 44.5. The van der Waals surface area contributed by atoms with Crippen LogP contribution in [0.2, 0.25) is 0 Å². The number of non-ortho nitro benzene ring substituents is 1. The molecule has 1 fully saturated rings. The summed E-state index contributed by atoms with van der Waals surface area (Å²) in [6, 6.07) is 13.1. The van der Waals surface area contributed by atoms with E-state index in [1.165, 1.54) is 12.1 Å². The third-order valence-corrected chi connectivity index (χ3v) is 6.79. The minimum Gasteiger partial charge on any atom is -0.356 e. The molecule has 5 rings (SSSR count). The van der Waals surface area contributed by atoms with Crippen LogP contribution < -0.4 is 0 Å². The molecule has 0 unspecified atom stereocenters. The Bertz CT molecular complexity index is 1230. The van der Waals surface area contributed by atoms with Crippen molar-refractivity contribution in [1.82, 2.24) is 14.8 Å². The van der Waals surface area contributed by atoms with E-state index in [0.29, 0.717) is 13.0 Å². The number of carbonyl (C=O) groups excluding carboxylic acids is 2. The lowest BCUT2D eigenvalue weighted by molar-refractivity contribution is -0.384. The molecule has 8 heteroatoms. The first kappa shape index (κ1) is 21.2. The fourth-order valence-corrected chi connectivity index (χ4v) is 5.19. The number of nitrogens with one attached hydrogen (secondary N) is 1. The molecular weight excluding hydrogens is 420 g/mol. The van der Waals surface area contributed by atoms with Gasteiger partial charge in [0.05, 0.1) is 17.5 Å². The first-order valence-electron chi connectivity index (χ1n) is 11.4. The number of unbranched alkanes of at least 4 members (excludes halogenated alkanes) is 2. The molecule has 0 spiro atoms. The predicted molar refractivity (Wildman–Crippen MR) is 124 cm³/mol. The van der Waals surface area contributed by atoms with Crippen molar-refractivity contribution >= 4 is 28.4 Å². The number of aromatic nitrogens is 1. The Hall–Kier alpha value is -3.68. The van der Waals surface area contributed by atoms with Gasteiger partial charge in [-0.15, -0.1) is 0 Å². The molecule has 0 radical (unpaired) electrons. The number of nitro benzene ring substituents is 1. The summed E-state index contributed by atoms with van der Waals surface area (Å²) in [5, 5.41) is 12.2. The Morgan fingerprint density at radius 2 is 1.85 bits per heavy atom. The molecule has 170 valence electrons. The highest BCUT2D eigenvalue weighted by Crippen LogP contribution is 2.42. The first-order chi connectivity index (χ1) is 16.0. The average Bonchev–Trinajstić information content (AvgIpc) is 3.19. The third-order valence-electron chi connectivity index (χ3n) is 6.79. The van der Waals surface area contributed by atoms with Gasteiger partial charge in [-0.05, 0) is 35.7 Å². The summed E-state index contributed by atoms with van der Waals surface area (Å²) in [6.45, 7) is 2.77. The minimum absolute atomic E-state index is 0.00822. The monoisotopic (exact) mass is 446 g/mol. The first-order valence-corrected chi connectivity index (χ1v) is 11.4. The number of nitrogens with zero attached hydrogens (tertiary/aromatic N) is 3. The van der Waals surface area contributed by atoms with Crippen LogP contribution in [0.4, 0.5) is 5.69 Å². The van der Waals surface area contributed by atoms with E-state index < -0.39 is 17.0 Å². The number of nitro groups is 1. The van der Waals surface area contributed by atoms with Crippen LogP contribution in [-0.2, 0) is 16.0 Å². The number of para-hydroxylation sites is 1. The molecule has 1 aromatic heterocycles. The SMILES string of the molecule is CCCCCN1CC(=O)N2[C@@H](c3ccc([N+](=O)[O-])cc3)c3[nH]c4ccccc4c3C[C@@H]2C1=O. The molecule has 33 heavy (non-hydrogen) atoms.